The zero-order valence-electron chi connectivity index (χ0n) is 17.4. The summed E-state index contributed by atoms with van der Waals surface area (Å²) >= 11 is 0. The smallest absolute Gasteiger partial charge is 0.253 e. The highest BCUT2D eigenvalue weighted by Crippen LogP contribution is 2.31. The maximum atomic E-state index is 15.6. The number of rotatable bonds is 4. The lowest BCUT2D eigenvalue weighted by atomic mass is 10.0. The van der Waals surface area contributed by atoms with Gasteiger partial charge in [0.25, 0.3) is 5.91 Å². The van der Waals surface area contributed by atoms with Gasteiger partial charge in [0.15, 0.2) is 17.6 Å². The van der Waals surface area contributed by atoms with E-state index >= 15 is 4.39 Å². The topological polar surface area (TPSA) is 59.3 Å². The first kappa shape index (κ1) is 20.7. The van der Waals surface area contributed by atoms with E-state index in [9.17, 15) is 13.6 Å². The molecule has 1 N–H and O–H groups in total. The van der Waals surface area contributed by atoms with Crippen LogP contribution in [-0.2, 0) is 0 Å². The normalized spacial score (nSPS) is 12.2. The predicted octanol–water partition coefficient (Wildman–Crippen LogP) is 5.25. The minimum atomic E-state index is -1.58. The van der Waals surface area contributed by atoms with E-state index in [1.54, 1.807) is 30.5 Å². The van der Waals surface area contributed by atoms with E-state index in [2.05, 4.69) is 15.3 Å². The number of nitrogens with one attached hydrogen (secondary N) is 1. The van der Waals surface area contributed by atoms with Crippen LogP contribution in [0.25, 0.3) is 27.7 Å². The molecule has 0 fully saturated rings. The fourth-order valence-electron chi connectivity index (χ4n) is 3.85. The number of nitrogens with zero attached hydrogens (tertiary/aromatic N) is 3. The zero-order valence-corrected chi connectivity index (χ0v) is 17.4. The third-order valence-corrected chi connectivity index (χ3v) is 5.54. The van der Waals surface area contributed by atoms with Gasteiger partial charge >= 0.3 is 0 Å². The van der Waals surface area contributed by atoms with Crippen LogP contribution in [0, 0.1) is 11.6 Å². The highest BCUT2D eigenvalue weighted by Gasteiger charge is 2.21. The summed E-state index contributed by atoms with van der Waals surface area (Å²) in [7, 11) is 1.40. The summed E-state index contributed by atoms with van der Waals surface area (Å²) in [6.07, 6.45) is 2.87. The first-order valence-electron chi connectivity index (χ1n) is 10.1. The van der Waals surface area contributed by atoms with Crippen molar-refractivity contribution in [2.75, 3.05) is 7.05 Å². The molecule has 0 spiro atoms. The van der Waals surface area contributed by atoms with Crippen molar-refractivity contribution in [3.63, 3.8) is 0 Å². The Hall–Kier alpha value is -4.20. The van der Waals surface area contributed by atoms with E-state index in [0.29, 0.717) is 16.7 Å². The number of imidazole rings is 1. The summed E-state index contributed by atoms with van der Waals surface area (Å²) < 4.78 is 46.1. The molecule has 5 nitrogen and oxygen atoms in total. The molecule has 33 heavy (non-hydrogen) atoms. The first-order chi connectivity index (χ1) is 16.0. The average molecular weight is 446 g/mol. The second-order valence-corrected chi connectivity index (χ2v) is 7.55. The lowest BCUT2D eigenvalue weighted by molar-refractivity contribution is 0.0959. The van der Waals surface area contributed by atoms with Crippen molar-refractivity contribution in [1.29, 1.82) is 0 Å². The Morgan fingerprint density at radius 3 is 2.61 bits per heavy atom. The van der Waals surface area contributed by atoms with Crippen molar-refractivity contribution in [2.45, 2.75) is 6.17 Å². The van der Waals surface area contributed by atoms with Gasteiger partial charge in [0, 0.05) is 30.4 Å². The molecule has 0 saturated carbocycles. The Morgan fingerprint density at radius 1 is 1.00 bits per heavy atom. The summed E-state index contributed by atoms with van der Waals surface area (Å²) in [5, 5.41) is 3.14. The van der Waals surface area contributed by atoms with Crippen LogP contribution in [0.4, 0.5) is 13.2 Å². The number of amides is 1. The highest BCUT2D eigenvalue weighted by atomic mass is 19.1. The second-order valence-electron chi connectivity index (χ2n) is 7.55. The SMILES string of the molecule is CNC(=O)c1ccc(-c2cc(F)c3ncc(C(F)c4ccc5ncccc5c4)n3c2)cc1F. The molecule has 2 aromatic carbocycles. The van der Waals surface area contributed by atoms with Crippen LogP contribution in [0.15, 0.2) is 73.2 Å². The van der Waals surface area contributed by atoms with E-state index in [1.807, 2.05) is 6.07 Å². The lowest BCUT2D eigenvalue weighted by Crippen LogP contribution is -2.19. The first-order valence-corrected chi connectivity index (χ1v) is 10.1. The molecule has 1 amide bonds. The summed E-state index contributed by atoms with van der Waals surface area (Å²) in [6.45, 7) is 0. The standard InChI is InChI=1S/C25H17F3N4O/c1-29-25(33)18-6-4-14(10-19(18)26)17-11-20(27)24-31-12-22(32(24)13-17)23(28)16-5-7-21-15(9-16)3-2-8-30-21/h2-13,23H,1H3,(H,29,33). The third-order valence-electron chi connectivity index (χ3n) is 5.54. The van der Waals surface area contributed by atoms with Gasteiger partial charge in [0.2, 0.25) is 0 Å². The van der Waals surface area contributed by atoms with Gasteiger partial charge in [-0.15, -0.1) is 0 Å². The van der Waals surface area contributed by atoms with Crippen molar-refractivity contribution in [3.8, 4) is 11.1 Å². The van der Waals surface area contributed by atoms with E-state index < -0.39 is 23.7 Å². The van der Waals surface area contributed by atoms with Crippen LogP contribution in [0.3, 0.4) is 0 Å². The molecule has 1 unspecified atom stereocenters. The van der Waals surface area contributed by atoms with Crippen molar-refractivity contribution in [3.05, 3.63) is 102 Å². The number of aromatic nitrogens is 3. The maximum Gasteiger partial charge on any atom is 0.253 e. The molecule has 1 atom stereocenters. The fraction of sp³-hybridized carbons (Fsp3) is 0.0800. The summed E-state index contributed by atoms with van der Waals surface area (Å²) in [5.41, 5.74) is 1.74. The van der Waals surface area contributed by atoms with E-state index in [-0.39, 0.29) is 16.9 Å². The average Bonchev–Trinajstić information content (AvgIpc) is 3.27. The number of hydrogen-bond acceptors (Lipinski definition) is 3. The van der Waals surface area contributed by atoms with E-state index in [0.717, 1.165) is 17.0 Å². The minimum Gasteiger partial charge on any atom is -0.355 e. The number of fused-ring (bicyclic) bond motifs is 2. The third kappa shape index (κ3) is 3.59. The number of carbonyl (C=O) groups is 1. The van der Waals surface area contributed by atoms with Gasteiger partial charge < -0.3 is 5.32 Å². The second kappa shape index (κ2) is 8.05. The number of pyridine rings is 2. The molecule has 8 heteroatoms. The highest BCUT2D eigenvalue weighted by molar-refractivity contribution is 5.94. The number of benzene rings is 2. The zero-order chi connectivity index (χ0) is 23.1. The van der Waals surface area contributed by atoms with Crippen LogP contribution in [0.1, 0.15) is 27.8 Å². The molecule has 0 aliphatic carbocycles. The van der Waals surface area contributed by atoms with Crippen molar-refractivity contribution in [2.24, 2.45) is 0 Å². The van der Waals surface area contributed by atoms with Gasteiger partial charge in [0.1, 0.15) is 5.82 Å². The Morgan fingerprint density at radius 2 is 1.82 bits per heavy atom. The molecule has 0 aliphatic heterocycles. The number of halogens is 3. The van der Waals surface area contributed by atoms with Crippen LogP contribution in [0.2, 0.25) is 0 Å². The van der Waals surface area contributed by atoms with Crippen LogP contribution in [-0.4, -0.2) is 27.3 Å². The molecule has 3 aromatic heterocycles. The molecule has 0 saturated heterocycles. The molecular formula is C25H17F3N4O. The fourth-order valence-corrected chi connectivity index (χ4v) is 3.85. The molecule has 5 rings (SSSR count). The molecule has 5 aromatic rings. The van der Waals surface area contributed by atoms with E-state index in [4.69, 9.17) is 0 Å². The van der Waals surface area contributed by atoms with Crippen LogP contribution >= 0.6 is 0 Å². The quantitative estimate of drug-likeness (QED) is 0.410. The van der Waals surface area contributed by atoms with Crippen LogP contribution in [0.5, 0.6) is 0 Å². The largest absolute Gasteiger partial charge is 0.355 e. The van der Waals surface area contributed by atoms with Crippen molar-refractivity contribution >= 4 is 22.5 Å². The van der Waals surface area contributed by atoms with Gasteiger partial charge in [0.05, 0.1) is 23.0 Å². The minimum absolute atomic E-state index is 0.0405. The number of carbonyl (C=O) groups excluding carboxylic acids is 1. The van der Waals surface area contributed by atoms with Crippen LogP contribution < -0.4 is 5.32 Å². The molecule has 3 heterocycles. The van der Waals surface area contributed by atoms with E-state index in [1.165, 1.54) is 42.0 Å². The molecular weight excluding hydrogens is 429 g/mol. The summed E-state index contributed by atoms with van der Waals surface area (Å²) in [6, 6.07) is 13.8. The molecule has 0 aliphatic rings. The van der Waals surface area contributed by atoms with Gasteiger partial charge in [-0.25, -0.2) is 18.2 Å². The van der Waals surface area contributed by atoms with Crippen molar-refractivity contribution < 1.29 is 18.0 Å². The number of hydrogen-bond donors (Lipinski definition) is 1. The monoisotopic (exact) mass is 446 g/mol. The predicted molar refractivity (Wildman–Crippen MR) is 119 cm³/mol. The Kier molecular flexibility index (Phi) is 5.05. The maximum absolute atomic E-state index is 15.6. The van der Waals surface area contributed by atoms with Crippen molar-refractivity contribution in [1.82, 2.24) is 19.7 Å². The number of alkyl halides is 1. The Balaban J connectivity index is 1.59. The molecule has 164 valence electrons. The Bertz CT molecular complexity index is 1530. The van der Waals surface area contributed by atoms with Gasteiger partial charge in [-0.3, -0.25) is 14.2 Å². The lowest BCUT2D eigenvalue weighted by Gasteiger charge is -2.12. The Labute approximate surface area is 186 Å². The van der Waals surface area contributed by atoms with Gasteiger partial charge in [-0.1, -0.05) is 18.2 Å². The van der Waals surface area contributed by atoms with Gasteiger partial charge in [-0.05, 0) is 47.5 Å². The summed E-state index contributed by atoms with van der Waals surface area (Å²) in [4.78, 5) is 20.0. The molecule has 0 radical (unpaired) electrons. The van der Waals surface area contributed by atoms with Gasteiger partial charge in [-0.2, -0.15) is 0 Å². The molecule has 0 bridgehead atoms. The summed E-state index contributed by atoms with van der Waals surface area (Å²) in [5.74, 6) is -1.99.